The van der Waals surface area contributed by atoms with Crippen molar-refractivity contribution in [1.29, 1.82) is 0 Å². The van der Waals surface area contributed by atoms with Crippen LogP contribution in [0, 0.1) is 0 Å². The van der Waals surface area contributed by atoms with Crippen molar-refractivity contribution in [2.75, 3.05) is 40.3 Å². The largest absolute Gasteiger partial charge is 0.480 e. The monoisotopic (exact) mass is 379 g/mol. The second-order valence-corrected chi connectivity index (χ2v) is 6.55. The number of piperazine rings is 1. The van der Waals surface area contributed by atoms with Crippen LogP contribution in [0.2, 0.25) is 0 Å². The number of amides is 1. The van der Waals surface area contributed by atoms with Gasteiger partial charge in [0.2, 0.25) is 5.88 Å². The quantitative estimate of drug-likeness (QED) is 0.671. The summed E-state index contributed by atoms with van der Waals surface area (Å²) >= 11 is 0. The maximum absolute atomic E-state index is 13.0. The van der Waals surface area contributed by atoms with Crippen LogP contribution < -0.4 is 4.74 Å². The van der Waals surface area contributed by atoms with Gasteiger partial charge in [0.15, 0.2) is 11.5 Å². The molecule has 0 atom stereocenters. The first kappa shape index (κ1) is 18.1. The highest BCUT2D eigenvalue weighted by Gasteiger charge is 2.25. The van der Waals surface area contributed by atoms with Crippen LogP contribution in [-0.4, -0.2) is 80.8 Å². The Hall–Kier alpha value is -3.33. The van der Waals surface area contributed by atoms with Gasteiger partial charge in [-0.05, 0) is 25.2 Å². The summed E-state index contributed by atoms with van der Waals surface area (Å²) in [6.45, 7) is 3.07. The molecule has 3 aromatic rings. The van der Waals surface area contributed by atoms with Gasteiger partial charge in [-0.15, -0.1) is 0 Å². The fourth-order valence-corrected chi connectivity index (χ4v) is 3.05. The van der Waals surface area contributed by atoms with Gasteiger partial charge in [-0.2, -0.15) is 5.10 Å². The van der Waals surface area contributed by atoms with Crippen molar-refractivity contribution in [3.05, 3.63) is 48.5 Å². The molecule has 1 saturated heterocycles. The molecule has 0 aromatic carbocycles. The first-order valence-corrected chi connectivity index (χ1v) is 9.01. The van der Waals surface area contributed by atoms with Crippen LogP contribution in [0.5, 0.6) is 5.88 Å². The predicted octanol–water partition coefficient (Wildman–Crippen LogP) is 1.12. The van der Waals surface area contributed by atoms with E-state index in [9.17, 15) is 4.79 Å². The van der Waals surface area contributed by atoms with Crippen molar-refractivity contribution in [1.82, 2.24) is 34.5 Å². The van der Waals surface area contributed by atoms with Gasteiger partial charge in [0.05, 0.1) is 30.9 Å². The van der Waals surface area contributed by atoms with Crippen molar-refractivity contribution in [2.24, 2.45) is 0 Å². The Labute approximate surface area is 162 Å². The molecule has 9 nitrogen and oxygen atoms in total. The van der Waals surface area contributed by atoms with Crippen LogP contribution in [-0.2, 0) is 0 Å². The van der Waals surface area contributed by atoms with Crippen molar-refractivity contribution >= 4 is 5.91 Å². The number of hydrogen-bond acceptors (Lipinski definition) is 7. The number of likely N-dealkylation sites (N-methyl/N-ethyl adjacent to an activating group) is 1. The molecule has 4 heterocycles. The zero-order valence-electron chi connectivity index (χ0n) is 15.8. The molecular formula is C19H21N7O2. The summed E-state index contributed by atoms with van der Waals surface area (Å²) < 4.78 is 6.67. The summed E-state index contributed by atoms with van der Waals surface area (Å²) in [6, 6.07) is 7.36. The molecule has 0 radical (unpaired) electrons. The standard InChI is InChI=1S/C19H21N7O2/c1-24-7-9-25(10-8-24)19(27)15-11-16(14-5-3-4-6-20-14)26(23-15)17-12-22-18(28-2)13-21-17/h3-6,11-13H,7-10H2,1-2H3. The summed E-state index contributed by atoms with van der Waals surface area (Å²) in [5.74, 6) is 0.799. The Morgan fingerprint density at radius 1 is 1.07 bits per heavy atom. The average Bonchev–Trinajstić information content (AvgIpc) is 3.20. The lowest BCUT2D eigenvalue weighted by molar-refractivity contribution is 0.0657. The number of pyridine rings is 1. The highest BCUT2D eigenvalue weighted by atomic mass is 16.5. The molecule has 0 spiro atoms. The van der Waals surface area contributed by atoms with Crippen LogP contribution in [0.4, 0.5) is 0 Å². The Bertz CT molecular complexity index is 948. The molecular weight excluding hydrogens is 358 g/mol. The molecule has 1 aliphatic rings. The summed E-state index contributed by atoms with van der Waals surface area (Å²) in [5.41, 5.74) is 1.74. The Morgan fingerprint density at radius 3 is 2.54 bits per heavy atom. The van der Waals surface area contributed by atoms with Crippen LogP contribution in [0.3, 0.4) is 0 Å². The van der Waals surface area contributed by atoms with E-state index in [1.807, 2.05) is 23.1 Å². The summed E-state index contributed by atoms with van der Waals surface area (Å²) in [6.07, 6.45) is 4.78. The number of aromatic nitrogens is 5. The average molecular weight is 379 g/mol. The van der Waals surface area contributed by atoms with Gasteiger partial charge in [-0.3, -0.25) is 9.78 Å². The molecule has 28 heavy (non-hydrogen) atoms. The van der Waals surface area contributed by atoms with E-state index in [1.54, 1.807) is 23.1 Å². The van der Waals surface area contributed by atoms with Gasteiger partial charge in [-0.25, -0.2) is 14.6 Å². The molecule has 144 valence electrons. The lowest BCUT2D eigenvalue weighted by Crippen LogP contribution is -2.47. The van der Waals surface area contributed by atoms with Crippen LogP contribution in [0.25, 0.3) is 17.2 Å². The maximum atomic E-state index is 13.0. The van der Waals surface area contributed by atoms with E-state index in [-0.39, 0.29) is 5.91 Å². The number of rotatable bonds is 4. The van der Waals surface area contributed by atoms with Gasteiger partial charge in [-0.1, -0.05) is 6.07 Å². The van der Waals surface area contributed by atoms with Crippen molar-refractivity contribution in [2.45, 2.75) is 0 Å². The first-order chi connectivity index (χ1) is 13.7. The molecule has 0 bridgehead atoms. The Morgan fingerprint density at radius 2 is 1.89 bits per heavy atom. The number of carbonyl (C=O) groups is 1. The number of nitrogens with zero attached hydrogens (tertiary/aromatic N) is 7. The number of methoxy groups -OCH3 is 1. The zero-order valence-corrected chi connectivity index (χ0v) is 15.8. The SMILES string of the molecule is COc1cnc(-n2nc(C(=O)N3CCN(C)CC3)cc2-c2ccccn2)cn1. The van der Waals surface area contributed by atoms with E-state index in [0.717, 1.165) is 13.1 Å². The third kappa shape index (κ3) is 3.56. The van der Waals surface area contributed by atoms with E-state index in [4.69, 9.17) is 4.74 Å². The molecule has 9 heteroatoms. The fraction of sp³-hybridized carbons (Fsp3) is 0.316. The van der Waals surface area contributed by atoms with Crippen LogP contribution >= 0.6 is 0 Å². The molecule has 1 amide bonds. The highest BCUT2D eigenvalue weighted by Crippen LogP contribution is 2.22. The third-order valence-corrected chi connectivity index (χ3v) is 4.69. The maximum Gasteiger partial charge on any atom is 0.274 e. The molecule has 1 aliphatic heterocycles. The molecule has 1 fully saturated rings. The summed E-state index contributed by atoms with van der Waals surface area (Å²) in [4.78, 5) is 30.0. The van der Waals surface area contributed by atoms with E-state index in [1.165, 1.54) is 13.3 Å². The number of hydrogen-bond donors (Lipinski definition) is 0. The van der Waals surface area contributed by atoms with Crippen LogP contribution in [0.15, 0.2) is 42.9 Å². The third-order valence-electron chi connectivity index (χ3n) is 4.69. The second-order valence-electron chi connectivity index (χ2n) is 6.55. The van der Waals surface area contributed by atoms with Gasteiger partial charge in [0, 0.05) is 32.4 Å². The summed E-state index contributed by atoms with van der Waals surface area (Å²) in [7, 11) is 3.59. The van der Waals surface area contributed by atoms with Crippen molar-refractivity contribution < 1.29 is 9.53 Å². The van der Waals surface area contributed by atoms with Gasteiger partial charge in [0.25, 0.3) is 5.91 Å². The zero-order chi connectivity index (χ0) is 19.5. The van der Waals surface area contributed by atoms with E-state index >= 15 is 0 Å². The molecule has 4 rings (SSSR count). The lowest BCUT2D eigenvalue weighted by atomic mass is 10.2. The molecule has 0 saturated carbocycles. The van der Waals surface area contributed by atoms with Gasteiger partial charge < -0.3 is 14.5 Å². The minimum absolute atomic E-state index is 0.0921. The highest BCUT2D eigenvalue weighted by molar-refractivity contribution is 5.93. The van der Waals surface area contributed by atoms with E-state index in [2.05, 4.69) is 32.0 Å². The topological polar surface area (TPSA) is 89.3 Å². The molecule has 3 aromatic heterocycles. The minimum Gasteiger partial charge on any atom is -0.480 e. The minimum atomic E-state index is -0.0921. The lowest BCUT2D eigenvalue weighted by Gasteiger charge is -2.31. The molecule has 0 aliphatic carbocycles. The Balaban J connectivity index is 1.72. The van der Waals surface area contributed by atoms with Crippen LogP contribution in [0.1, 0.15) is 10.5 Å². The normalized spacial score (nSPS) is 14.9. The van der Waals surface area contributed by atoms with Crippen molar-refractivity contribution in [3.63, 3.8) is 0 Å². The summed E-state index contributed by atoms with van der Waals surface area (Å²) in [5, 5.41) is 4.54. The smallest absolute Gasteiger partial charge is 0.274 e. The van der Waals surface area contributed by atoms with Gasteiger partial charge >= 0.3 is 0 Å². The van der Waals surface area contributed by atoms with Gasteiger partial charge in [0.1, 0.15) is 0 Å². The van der Waals surface area contributed by atoms with Crippen molar-refractivity contribution in [3.8, 4) is 23.1 Å². The molecule has 0 unspecified atom stereocenters. The first-order valence-electron chi connectivity index (χ1n) is 9.01. The Kier molecular flexibility index (Phi) is 4.98. The second kappa shape index (κ2) is 7.73. The van der Waals surface area contributed by atoms with E-state index < -0.39 is 0 Å². The predicted molar refractivity (Wildman–Crippen MR) is 102 cm³/mol. The number of ether oxygens (including phenoxy) is 1. The fourth-order valence-electron chi connectivity index (χ4n) is 3.05. The molecule has 0 N–H and O–H groups in total. The number of carbonyl (C=O) groups excluding carboxylic acids is 1. The van der Waals surface area contributed by atoms with E-state index in [0.29, 0.717) is 41.9 Å².